The van der Waals surface area contributed by atoms with E-state index in [1.807, 2.05) is 13.8 Å². The van der Waals surface area contributed by atoms with E-state index in [4.69, 9.17) is 17.3 Å². The van der Waals surface area contributed by atoms with Gasteiger partial charge in [-0.2, -0.15) is 0 Å². The monoisotopic (exact) mass is 459 g/mol. The second-order valence-electron chi connectivity index (χ2n) is 6.80. The van der Waals surface area contributed by atoms with Crippen molar-refractivity contribution in [1.29, 1.82) is 0 Å². The topological polar surface area (TPSA) is 142 Å². The van der Waals surface area contributed by atoms with Crippen molar-refractivity contribution in [2.24, 2.45) is 16.0 Å². The lowest BCUT2D eigenvalue weighted by Gasteiger charge is -2.13. The van der Waals surface area contributed by atoms with Crippen molar-refractivity contribution in [3.63, 3.8) is 0 Å². The zero-order valence-corrected chi connectivity index (χ0v) is 18.2. The standard InChI is InChI=1S/C18H22ClN3O5S2/c1-10(2)5-13(20)18(26)22-29(27,17-8-12(19)9-28-17)21-16(25)7-11-3-4-14(23)15(24)6-11/h3-4,6,8-10,13,23-24H,5,7,20H2,1-2H3,(H,21,22,25,26,27)/t13-,29?/m0/s1. The van der Waals surface area contributed by atoms with Gasteiger partial charge in [-0.1, -0.05) is 31.5 Å². The maximum atomic E-state index is 13.4. The molecule has 0 fully saturated rings. The second-order valence-corrected chi connectivity index (χ2v) is 10.3. The number of rotatable bonds is 7. The normalized spacial score (nSPS) is 14.2. The minimum atomic E-state index is -3.65. The molecule has 1 aromatic heterocycles. The third kappa shape index (κ3) is 6.43. The predicted octanol–water partition coefficient (Wildman–Crippen LogP) is 2.81. The molecule has 2 aromatic rings. The van der Waals surface area contributed by atoms with Gasteiger partial charge in [0.05, 0.1) is 17.5 Å². The number of carbonyl (C=O) groups excluding carboxylic acids is 2. The Balaban J connectivity index is 2.31. The molecule has 0 aliphatic carbocycles. The molecule has 0 aliphatic rings. The van der Waals surface area contributed by atoms with Crippen LogP contribution in [0.15, 0.2) is 38.2 Å². The molecule has 5 N–H and O–H groups in total. The summed E-state index contributed by atoms with van der Waals surface area (Å²) in [5.41, 5.74) is 6.21. The Morgan fingerprint density at radius 1 is 1.28 bits per heavy atom. The van der Waals surface area contributed by atoms with Gasteiger partial charge >= 0.3 is 0 Å². The molecule has 0 saturated heterocycles. The summed E-state index contributed by atoms with van der Waals surface area (Å²) in [6.07, 6.45) is 0.0927. The van der Waals surface area contributed by atoms with Crippen LogP contribution in [0.25, 0.3) is 0 Å². The quantitative estimate of drug-likeness (QED) is 0.469. The van der Waals surface area contributed by atoms with E-state index in [1.54, 1.807) is 0 Å². The van der Waals surface area contributed by atoms with Gasteiger partial charge in [-0.15, -0.1) is 15.7 Å². The van der Waals surface area contributed by atoms with E-state index in [9.17, 15) is 24.0 Å². The fraction of sp³-hybridized carbons (Fsp3) is 0.333. The molecule has 0 radical (unpaired) electrons. The maximum Gasteiger partial charge on any atom is 0.272 e. The first kappa shape index (κ1) is 23.1. The van der Waals surface area contributed by atoms with Gasteiger partial charge in [0.15, 0.2) is 21.4 Å². The highest BCUT2D eigenvalue weighted by atomic mass is 35.5. The summed E-state index contributed by atoms with van der Waals surface area (Å²) < 4.78 is 19.6. The van der Waals surface area contributed by atoms with Gasteiger partial charge in [0.2, 0.25) is 5.91 Å². The molecule has 8 nitrogen and oxygen atoms in total. The molecule has 2 atom stereocenters. The van der Waals surface area contributed by atoms with E-state index in [1.165, 1.54) is 29.6 Å². The molecular formula is C18H22ClN3O5S2. The van der Waals surface area contributed by atoms with Gasteiger partial charge in [0.1, 0.15) is 4.21 Å². The minimum Gasteiger partial charge on any atom is -0.504 e. The first-order chi connectivity index (χ1) is 13.5. The molecule has 0 bridgehead atoms. The maximum absolute atomic E-state index is 13.4. The van der Waals surface area contributed by atoms with Gasteiger partial charge in [0.25, 0.3) is 5.91 Å². The number of hydrogen-bond donors (Lipinski definition) is 4. The zero-order chi connectivity index (χ0) is 21.8. The van der Waals surface area contributed by atoms with Crippen molar-refractivity contribution < 1.29 is 24.0 Å². The molecule has 2 rings (SSSR count). The average molecular weight is 460 g/mol. The third-order valence-corrected chi connectivity index (χ3v) is 7.37. The van der Waals surface area contributed by atoms with Gasteiger partial charge in [-0.25, -0.2) is 4.21 Å². The summed E-state index contributed by atoms with van der Waals surface area (Å²) in [7, 11) is -3.65. The Bertz CT molecular complexity index is 1030. The molecule has 0 aliphatic heterocycles. The van der Waals surface area contributed by atoms with Gasteiger partial charge in [-0.3, -0.25) is 14.3 Å². The Hall–Kier alpha value is -2.14. The predicted molar refractivity (Wildman–Crippen MR) is 112 cm³/mol. The largest absolute Gasteiger partial charge is 0.504 e. The number of halogens is 1. The van der Waals surface area contributed by atoms with E-state index in [0.717, 1.165) is 11.3 Å². The number of phenolic OH excluding ortho intramolecular Hbond substituents is 2. The second kappa shape index (κ2) is 9.57. The molecule has 0 saturated carbocycles. The summed E-state index contributed by atoms with van der Waals surface area (Å²) in [4.78, 5) is 24.9. The lowest BCUT2D eigenvalue weighted by Crippen LogP contribution is -2.35. The highest BCUT2D eigenvalue weighted by Gasteiger charge is 2.23. The smallest absolute Gasteiger partial charge is 0.272 e. The summed E-state index contributed by atoms with van der Waals surface area (Å²) in [6.45, 7) is 3.77. The van der Waals surface area contributed by atoms with E-state index in [-0.39, 0.29) is 28.0 Å². The summed E-state index contributed by atoms with van der Waals surface area (Å²) in [5, 5.41) is 20.7. The molecule has 0 spiro atoms. The Kier molecular flexibility index (Phi) is 7.64. The van der Waals surface area contributed by atoms with Crippen LogP contribution in [0.2, 0.25) is 5.02 Å². The van der Waals surface area contributed by atoms with Crippen LogP contribution >= 0.6 is 22.9 Å². The molecule has 1 heterocycles. The number of phenols is 2. The number of hydrogen-bond acceptors (Lipinski definition) is 7. The average Bonchev–Trinajstić information content (AvgIpc) is 3.04. The van der Waals surface area contributed by atoms with Gasteiger partial charge in [-0.05, 0) is 36.1 Å². The van der Waals surface area contributed by atoms with Crippen LogP contribution in [-0.2, 0) is 25.9 Å². The third-order valence-electron chi connectivity index (χ3n) is 3.73. The lowest BCUT2D eigenvalue weighted by molar-refractivity contribution is -0.119. The van der Waals surface area contributed by atoms with E-state index in [0.29, 0.717) is 17.0 Å². The Morgan fingerprint density at radius 3 is 2.52 bits per heavy atom. The number of nitrogens with zero attached hydrogens (tertiary/aromatic N) is 1. The fourth-order valence-corrected chi connectivity index (χ4v) is 5.48. The van der Waals surface area contributed by atoms with E-state index < -0.39 is 27.8 Å². The highest BCUT2D eigenvalue weighted by molar-refractivity contribution is 7.94. The number of nitrogens with two attached hydrogens (primary N) is 1. The molecule has 29 heavy (non-hydrogen) atoms. The van der Waals surface area contributed by atoms with Crippen LogP contribution in [-0.4, -0.2) is 32.3 Å². The van der Waals surface area contributed by atoms with Crippen molar-refractivity contribution in [2.45, 2.75) is 36.9 Å². The van der Waals surface area contributed by atoms with Crippen molar-refractivity contribution in [1.82, 2.24) is 4.72 Å². The lowest BCUT2D eigenvalue weighted by atomic mass is 10.0. The molecule has 158 valence electrons. The van der Waals surface area contributed by atoms with Gasteiger partial charge < -0.3 is 15.9 Å². The minimum absolute atomic E-state index is 0.120. The highest BCUT2D eigenvalue weighted by Crippen LogP contribution is 2.27. The first-order valence-electron chi connectivity index (χ1n) is 8.62. The van der Waals surface area contributed by atoms with Crippen LogP contribution in [0.5, 0.6) is 11.5 Å². The van der Waals surface area contributed by atoms with Crippen molar-refractivity contribution >= 4 is 44.7 Å². The molecule has 2 amide bonds. The zero-order valence-electron chi connectivity index (χ0n) is 15.8. The fourth-order valence-electron chi connectivity index (χ4n) is 2.42. The van der Waals surface area contributed by atoms with Gasteiger partial charge in [0, 0.05) is 5.38 Å². The first-order valence-corrected chi connectivity index (χ1v) is 11.4. The van der Waals surface area contributed by atoms with Crippen LogP contribution < -0.4 is 10.5 Å². The van der Waals surface area contributed by atoms with E-state index in [2.05, 4.69) is 9.08 Å². The Morgan fingerprint density at radius 2 is 1.97 bits per heavy atom. The number of aromatic hydroxyl groups is 2. The number of amides is 2. The number of thiophene rings is 1. The van der Waals surface area contributed by atoms with Crippen LogP contribution in [0.3, 0.4) is 0 Å². The SMILES string of the molecule is CC(C)C[C@H](N)C(=O)N=S(=O)(NC(=O)Cc1ccc(O)c(O)c1)c1cc(Cl)cs1. The number of benzene rings is 1. The van der Waals surface area contributed by atoms with Crippen molar-refractivity contribution in [3.8, 4) is 11.5 Å². The summed E-state index contributed by atoms with van der Waals surface area (Å²) in [5.74, 6) is -2.06. The van der Waals surface area contributed by atoms with Crippen LogP contribution in [0.4, 0.5) is 0 Å². The number of carbonyl (C=O) groups is 2. The van der Waals surface area contributed by atoms with Crippen molar-refractivity contribution in [2.75, 3.05) is 0 Å². The van der Waals surface area contributed by atoms with Crippen molar-refractivity contribution in [3.05, 3.63) is 40.2 Å². The molecule has 1 unspecified atom stereocenters. The molecule has 1 aromatic carbocycles. The summed E-state index contributed by atoms with van der Waals surface area (Å²) >= 11 is 6.90. The Labute approximate surface area is 178 Å². The van der Waals surface area contributed by atoms with Crippen LogP contribution in [0, 0.1) is 5.92 Å². The molecule has 11 heteroatoms. The number of nitrogens with one attached hydrogen (secondary N) is 1. The summed E-state index contributed by atoms with van der Waals surface area (Å²) in [6, 6.07) is 4.29. The van der Waals surface area contributed by atoms with E-state index >= 15 is 0 Å². The van der Waals surface area contributed by atoms with Crippen LogP contribution in [0.1, 0.15) is 25.8 Å². The molecular weight excluding hydrogens is 438 g/mol.